The standard InChI is InChI=1S/C16H20N2O3/c1-21-13-8-6-12(7-9-13)18-15(19)10-14(16(18)20)17-11-4-2-3-5-11/h6-9,11,14,17H,2-5,10H2,1H3. The Labute approximate surface area is 124 Å². The minimum Gasteiger partial charge on any atom is -0.497 e. The Morgan fingerprint density at radius 3 is 2.43 bits per heavy atom. The Kier molecular flexibility index (Phi) is 3.92. The highest BCUT2D eigenvalue weighted by molar-refractivity contribution is 6.22. The van der Waals surface area contributed by atoms with Crippen LogP contribution in [0.5, 0.6) is 5.75 Å². The second kappa shape index (κ2) is 5.85. The molecule has 1 heterocycles. The zero-order valence-corrected chi connectivity index (χ0v) is 12.2. The summed E-state index contributed by atoms with van der Waals surface area (Å²) in [4.78, 5) is 25.9. The third kappa shape index (κ3) is 2.78. The lowest BCUT2D eigenvalue weighted by Crippen LogP contribution is -2.42. The van der Waals surface area contributed by atoms with Crippen molar-refractivity contribution >= 4 is 17.5 Å². The molecule has 2 amide bonds. The smallest absolute Gasteiger partial charge is 0.251 e. The number of hydrogen-bond donors (Lipinski definition) is 1. The highest BCUT2D eigenvalue weighted by Gasteiger charge is 2.40. The molecule has 2 fully saturated rings. The van der Waals surface area contributed by atoms with E-state index in [1.807, 2.05) is 0 Å². The first kappa shape index (κ1) is 14.1. The molecule has 1 unspecified atom stereocenters. The van der Waals surface area contributed by atoms with Crippen molar-refractivity contribution in [3.63, 3.8) is 0 Å². The number of carbonyl (C=O) groups is 2. The lowest BCUT2D eigenvalue weighted by atomic mass is 10.2. The molecule has 0 radical (unpaired) electrons. The number of carbonyl (C=O) groups excluding carboxylic acids is 2. The maximum absolute atomic E-state index is 12.5. The number of rotatable bonds is 4. The summed E-state index contributed by atoms with van der Waals surface area (Å²) in [7, 11) is 1.59. The van der Waals surface area contributed by atoms with Crippen LogP contribution in [0.2, 0.25) is 0 Å². The first-order chi connectivity index (χ1) is 10.2. The summed E-state index contributed by atoms with van der Waals surface area (Å²) in [6.45, 7) is 0. The SMILES string of the molecule is COc1ccc(N2C(=O)CC(NC3CCCC3)C2=O)cc1. The van der Waals surface area contributed by atoms with Gasteiger partial charge in [0.05, 0.1) is 25.3 Å². The minimum atomic E-state index is -0.372. The fraction of sp³-hybridized carbons (Fsp3) is 0.500. The summed E-state index contributed by atoms with van der Waals surface area (Å²) in [6.07, 6.45) is 4.85. The van der Waals surface area contributed by atoms with Crippen molar-refractivity contribution in [2.45, 2.75) is 44.2 Å². The molecule has 1 aliphatic carbocycles. The number of amides is 2. The maximum atomic E-state index is 12.5. The highest BCUT2D eigenvalue weighted by Crippen LogP contribution is 2.26. The van der Waals surface area contributed by atoms with Crippen LogP contribution in [0.15, 0.2) is 24.3 Å². The number of anilines is 1. The predicted octanol–water partition coefficient (Wildman–Crippen LogP) is 1.86. The monoisotopic (exact) mass is 288 g/mol. The van der Waals surface area contributed by atoms with Gasteiger partial charge < -0.3 is 10.1 Å². The summed E-state index contributed by atoms with van der Waals surface area (Å²) in [5.74, 6) is 0.427. The molecular formula is C16H20N2O3. The van der Waals surface area contributed by atoms with E-state index in [1.165, 1.54) is 17.7 Å². The van der Waals surface area contributed by atoms with Crippen molar-refractivity contribution in [1.29, 1.82) is 0 Å². The van der Waals surface area contributed by atoms with Gasteiger partial charge >= 0.3 is 0 Å². The summed E-state index contributed by atoms with van der Waals surface area (Å²) in [5, 5.41) is 3.34. The Morgan fingerprint density at radius 1 is 1.14 bits per heavy atom. The Balaban J connectivity index is 1.73. The van der Waals surface area contributed by atoms with Gasteiger partial charge in [0.15, 0.2) is 0 Å². The van der Waals surface area contributed by atoms with Gasteiger partial charge in [-0.3, -0.25) is 9.59 Å². The molecule has 2 aliphatic rings. The maximum Gasteiger partial charge on any atom is 0.251 e. The van der Waals surface area contributed by atoms with Gasteiger partial charge in [-0.25, -0.2) is 4.90 Å². The number of nitrogens with one attached hydrogen (secondary N) is 1. The van der Waals surface area contributed by atoms with E-state index in [-0.39, 0.29) is 24.3 Å². The molecule has 21 heavy (non-hydrogen) atoms. The molecule has 1 saturated heterocycles. The molecule has 1 aromatic carbocycles. The summed E-state index contributed by atoms with van der Waals surface area (Å²) >= 11 is 0. The van der Waals surface area contributed by atoms with Gasteiger partial charge in [0.1, 0.15) is 5.75 Å². The predicted molar refractivity (Wildman–Crippen MR) is 79.3 cm³/mol. The number of hydrogen-bond acceptors (Lipinski definition) is 4. The number of methoxy groups -OCH3 is 1. The fourth-order valence-electron chi connectivity index (χ4n) is 3.14. The molecule has 0 aromatic heterocycles. The molecule has 5 nitrogen and oxygen atoms in total. The lowest BCUT2D eigenvalue weighted by Gasteiger charge is -2.18. The molecule has 1 N–H and O–H groups in total. The van der Waals surface area contributed by atoms with E-state index in [0.717, 1.165) is 12.8 Å². The molecule has 0 spiro atoms. The molecule has 3 rings (SSSR count). The zero-order valence-electron chi connectivity index (χ0n) is 12.2. The Hall–Kier alpha value is -1.88. The second-order valence-corrected chi connectivity index (χ2v) is 5.67. The summed E-state index contributed by atoms with van der Waals surface area (Å²) < 4.78 is 5.09. The number of nitrogens with zero attached hydrogens (tertiary/aromatic N) is 1. The van der Waals surface area contributed by atoms with E-state index in [2.05, 4.69) is 5.32 Å². The number of ether oxygens (including phenoxy) is 1. The Bertz CT molecular complexity index is 535. The zero-order chi connectivity index (χ0) is 14.8. The van der Waals surface area contributed by atoms with Gasteiger partial charge in [-0.1, -0.05) is 12.8 Å². The van der Waals surface area contributed by atoms with Crippen LogP contribution >= 0.6 is 0 Å². The van der Waals surface area contributed by atoms with Crippen molar-refractivity contribution in [2.75, 3.05) is 12.0 Å². The summed E-state index contributed by atoms with van der Waals surface area (Å²) in [6, 6.07) is 7.01. The molecule has 1 saturated carbocycles. The average molecular weight is 288 g/mol. The largest absolute Gasteiger partial charge is 0.497 e. The van der Waals surface area contributed by atoms with Crippen molar-refractivity contribution in [3.8, 4) is 5.75 Å². The molecule has 112 valence electrons. The van der Waals surface area contributed by atoms with Crippen LogP contribution in [0.25, 0.3) is 0 Å². The van der Waals surface area contributed by atoms with Crippen LogP contribution in [-0.4, -0.2) is 31.0 Å². The first-order valence-corrected chi connectivity index (χ1v) is 7.46. The van der Waals surface area contributed by atoms with E-state index in [4.69, 9.17) is 4.74 Å². The van der Waals surface area contributed by atoms with Gasteiger partial charge in [-0.05, 0) is 37.1 Å². The number of imide groups is 1. The van der Waals surface area contributed by atoms with Crippen molar-refractivity contribution in [1.82, 2.24) is 5.32 Å². The lowest BCUT2D eigenvalue weighted by molar-refractivity contribution is -0.121. The molecular weight excluding hydrogens is 268 g/mol. The van der Waals surface area contributed by atoms with Crippen LogP contribution in [0.4, 0.5) is 5.69 Å². The van der Waals surface area contributed by atoms with Crippen molar-refractivity contribution in [2.24, 2.45) is 0 Å². The number of benzene rings is 1. The highest BCUT2D eigenvalue weighted by atomic mass is 16.5. The van der Waals surface area contributed by atoms with E-state index in [9.17, 15) is 9.59 Å². The van der Waals surface area contributed by atoms with Gasteiger partial charge in [-0.15, -0.1) is 0 Å². The fourth-order valence-corrected chi connectivity index (χ4v) is 3.14. The van der Waals surface area contributed by atoms with Crippen LogP contribution in [0, 0.1) is 0 Å². The topological polar surface area (TPSA) is 58.6 Å². The van der Waals surface area contributed by atoms with Gasteiger partial charge in [0.25, 0.3) is 5.91 Å². The van der Waals surface area contributed by atoms with Crippen LogP contribution < -0.4 is 15.0 Å². The van der Waals surface area contributed by atoms with Gasteiger partial charge in [0, 0.05) is 6.04 Å². The third-order valence-corrected chi connectivity index (χ3v) is 4.27. The van der Waals surface area contributed by atoms with Crippen LogP contribution in [-0.2, 0) is 9.59 Å². The summed E-state index contributed by atoms with van der Waals surface area (Å²) in [5.41, 5.74) is 0.613. The van der Waals surface area contributed by atoms with Crippen LogP contribution in [0.3, 0.4) is 0 Å². The minimum absolute atomic E-state index is 0.138. The quantitative estimate of drug-likeness (QED) is 0.859. The van der Waals surface area contributed by atoms with Crippen molar-refractivity contribution < 1.29 is 14.3 Å². The average Bonchev–Trinajstić information content (AvgIpc) is 3.09. The second-order valence-electron chi connectivity index (χ2n) is 5.67. The van der Waals surface area contributed by atoms with E-state index < -0.39 is 0 Å². The van der Waals surface area contributed by atoms with Gasteiger partial charge in [0.2, 0.25) is 5.91 Å². The van der Waals surface area contributed by atoms with E-state index >= 15 is 0 Å². The third-order valence-electron chi connectivity index (χ3n) is 4.27. The first-order valence-electron chi connectivity index (χ1n) is 7.46. The molecule has 1 aromatic rings. The normalized spacial score (nSPS) is 23.1. The Morgan fingerprint density at radius 2 is 1.81 bits per heavy atom. The van der Waals surface area contributed by atoms with E-state index in [0.29, 0.717) is 17.5 Å². The molecule has 1 atom stereocenters. The van der Waals surface area contributed by atoms with Crippen molar-refractivity contribution in [3.05, 3.63) is 24.3 Å². The van der Waals surface area contributed by atoms with E-state index in [1.54, 1.807) is 31.4 Å². The molecule has 5 heteroatoms. The molecule has 1 aliphatic heterocycles. The van der Waals surface area contributed by atoms with Crippen LogP contribution in [0.1, 0.15) is 32.1 Å². The molecule has 0 bridgehead atoms. The van der Waals surface area contributed by atoms with Gasteiger partial charge in [-0.2, -0.15) is 0 Å².